The van der Waals surface area contributed by atoms with Gasteiger partial charge in [0.2, 0.25) is 15.9 Å². The van der Waals surface area contributed by atoms with Crippen LogP contribution in [0.5, 0.6) is 5.75 Å². The van der Waals surface area contributed by atoms with Crippen molar-refractivity contribution in [2.24, 2.45) is 0 Å². The molecule has 10 nitrogen and oxygen atoms in total. The Bertz CT molecular complexity index is 1440. The second-order valence-corrected chi connectivity index (χ2v) is 10.3. The molecule has 0 atom stereocenters. The summed E-state index contributed by atoms with van der Waals surface area (Å²) in [7, 11) is -2.16. The van der Waals surface area contributed by atoms with E-state index < -0.39 is 10.0 Å². The molecule has 2 aromatic carbocycles. The van der Waals surface area contributed by atoms with E-state index in [2.05, 4.69) is 25.3 Å². The van der Waals surface area contributed by atoms with E-state index in [0.29, 0.717) is 22.2 Å². The van der Waals surface area contributed by atoms with Gasteiger partial charge in [-0.15, -0.1) is 10.2 Å². The normalized spacial score (nSPS) is 11.5. The van der Waals surface area contributed by atoms with Crippen LogP contribution in [-0.4, -0.2) is 53.5 Å². The van der Waals surface area contributed by atoms with E-state index in [1.54, 1.807) is 28.8 Å². The molecule has 4 rings (SSSR count). The monoisotopic (exact) mass is 512 g/mol. The molecule has 0 spiro atoms. The number of para-hydroxylation sites is 1. The summed E-state index contributed by atoms with van der Waals surface area (Å²) in [5, 5.41) is 16.2. The van der Waals surface area contributed by atoms with Crippen molar-refractivity contribution in [2.45, 2.75) is 23.3 Å². The molecule has 2 N–H and O–H groups in total. The number of carbonyl (C=O) groups excluding carboxylic acids is 1. The van der Waals surface area contributed by atoms with Crippen molar-refractivity contribution in [3.63, 3.8) is 0 Å². The van der Waals surface area contributed by atoms with Crippen LogP contribution in [0.25, 0.3) is 5.65 Å². The Morgan fingerprint density at radius 1 is 1.06 bits per heavy atom. The highest BCUT2D eigenvalue weighted by atomic mass is 32.2. The highest BCUT2D eigenvalue weighted by Crippen LogP contribution is 2.19. The molecular weight excluding hydrogens is 488 g/mol. The maximum Gasteiger partial charge on any atom is 0.240 e. The number of ether oxygens (including phenoxy) is 1. The van der Waals surface area contributed by atoms with Crippen molar-refractivity contribution >= 4 is 39.0 Å². The smallest absolute Gasteiger partial charge is 0.240 e. The Kier molecular flexibility index (Phi) is 7.63. The Morgan fingerprint density at radius 2 is 1.83 bits per heavy atom. The molecule has 0 bridgehead atoms. The number of nitrogens with one attached hydrogen (secondary N) is 2. The molecule has 0 saturated heterocycles. The Morgan fingerprint density at radius 3 is 2.57 bits per heavy atom. The average Bonchev–Trinajstić information content (AvgIpc) is 3.26. The number of anilines is 1. The second kappa shape index (κ2) is 10.8. The molecule has 12 heteroatoms. The topological polar surface area (TPSA) is 128 Å². The maximum absolute atomic E-state index is 12.5. The number of amides is 1. The number of methoxy groups -OCH3 is 1. The first-order valence-electron chi connectivity index (χ1n) is 10.7. The lowest BCUT2D eigenvalue weighted by Gasteiger charge is -2.08. The Labute approximate surface area is 207 Å². The molecule has 0 radical (unpaired) electrons. The summed E-state index contributed by atoms with van der Waals surface area (Å²) >= 11 is 1.29. The van der Waals surface area contributed by atoms with Crippen LogP contribution in [0, 0.1) is 6.92 Å². The first kappa shape index (κ1) is 24.6. The van der Waals surface area contributed by atoms with Gasteiger partial charge >= 0.3 is 0 Å². The van der Waals surface area contributed by atoms with Crippen molar-refractivity contribution in [1.29, 1.82) is 0 Å². The standard InChI is InChI=1S/C23H24N6O4S2/c1-16-5-3-4-6-19(16)25-22(30)15-34-23-12-11-20-26-27-21(29(20)28-23)13-14-24-35(31,32)18-9-7-17(33-2)8-10-18/h3-12,24H,13-15H2,1-2H3,(H,25,30). The number of fused-ring (bicyclic) bond motifs is 1. The van der Waals surface area contributed by atoms with Crippen LogP contribution in [0.1, 0.15) is 11.4 Å². The number of aryl methyl sites for hydroxylation is 1. The first-order chi connectivity index (χ1) is 16.9. The molecule has 0 aliphatic rings. The van der Waals surface area contributed by atoms with Crippen LogP contribution in [0.2, 0.25) is 0 Å². The quantitative estimate of drug-likeness (QED) is 0.311. The van der Waals surface area contributed by atoms with Crippen molar-refractivity contribution in [3.05, 3.63) is 72.1 Å². The SMILES string of the molecule is COc1ccc(S(=O)(=O)NCCc2nnc3ccc(SCC(=O)Nc4ccccc4C)nn23)cc1. The summed E-state index contributed by atoms with van der Waals surface area (Å²) in [5.74, 6) is 1.13. The summed E-state index contributed by atoms with van der Waals surface area (Å²) in [6, 6.07) is 17.2. The minimum Gasteiger partial charge on any atom is -0.497 e. The molecule has 182 valence electrons. The molecule has 0 fully saturated rings. The van der Waals surface area contributed by atoms with Gasteiger partial charge in [-0.05, 0) is 55.0 Å². The number of rotatable bonds is 10. The minimum atomic E-state index is -3.68. The molecule has 0 unspecified atom stereocenters. The number of benzene rings is 2. The summed E-state index contributed by atoms with van der Waals surface area (Å²) in [4.78, 5) is 12.5. The second-order valence-electron chi connectivity index (χ2n) is 7.53. The van der Waals surface area contributed by atoms with Gasteiger partial charge in [0.1, 0.15) is 10.8 Å². The largest absolute Gasteiger partial charge is 0.497 e. The van der Waals surface area contributed by atoms with Gasteiger partial charge in [0.05, 0.1) is 17.8 Å². The van der Waals surface area contributed by atoms with Gasteiger partial charge in [-0.1, -0.05) is 30.0 Å². The van der Waals surface area contributed by atoms with E-state index in [0.717, 1.165) is 11.3 Å². The van der Waals surface area contributed by atoms with Crippen LogP contribution in [0.15, 0.2) is 70.6 Å². The fraction of sp³-hybridized carbons (Fsp3) is 0.217. The van der Waals surface area contributed by atoms with Crippen LogP contribution in [-0.2, 0) is 21.2 Å². The van der Waals surface area contributed by atoms with Crippen LogP contribution < -0.4 is 14.8 Å². The van der Waals surface area contributed by atoms with Crippen molar-refractivity contribution in [2.75, 3.05) is 24.7 Å². The van der Waals surface area contributed by atoms with Crippen LogP contribution in [0.3, 0.4) is 0 Å². The number of sulfonamides is 1. The summed E-state index contributed by atoms with van der Waals surface area (Å²) in [5.41, 5.74) is 2.30. The van der Waals surface area contributed by atoms with E-state index >= 15 is 0 Å². The summed E-state index contributed by atoms with van der Waals surface area (Å²) in [6.45, 7) is 2.05. The highest BCUT2D eigenvalue weighted by molar-refractivity contribution is 7.99. The Balaban J connectivity index is 1.36. The summed E-state index contributed by atoms with van der Waals surface area (Å²) in [6.07, 6.45) is 0.283. The van der Waals surface area contributed by atoms with Crippen molar-refractivity contribution < 1.29 is 17.9 Å². The predicted octanol–water partition coefficient (Wildman–Crippen LogP) is 2.69. The minimum absolute atomic E-state index is 0.118. The molecule has 2 aromatic heterocycles. The van der Waals surface area contributed by atoms with Gasteiger partial charge in [-0.3, -0.25) is 4.79 Å². The third kappa shape index (κ3) is 6.15. The molecular formula is C23H24N6O4S2. The molecule has 4 aromatic rings. The zero-order valence-corrected chi connectivity index (χ0v) is 20.8. The van der Waals surface area contributed by atoms with Crippen LogP contribution in [0.4, 0.5) is 5.69 Å². The lowest BCUT2D eigenvalue weighted by Crippen LogP contribution is -2.26. The fourth-order valence-corrected chi connectivity index (χ4v) is 4.91. The van der Waals surface area contributed by atoms with Gasteiger partial charge < -0.3 is 10.1 Å². The zero-order chi connectivity index (χ0) is 24.8. The Hall–Kier alpha value is -3.48. The number of hydrogen-bond donors (Lipinski definition) is 2. The molecule has 0 saturated carbocycles. The molecule has 2 heterocycles. The lowest BCUT2D eigenvalue weighted by molar-refractivity contribution is -0.113. The van der Waals surface area contributed by atoms with Gasteiger partial charge in [0.15, 0.2) is 11.5 Å². The predicted molar refractivity (Wildman–Crippen MR) is 133 cm³/mol. The van der Waals surface area contributed by atoms with Crippen molar-refractivity contribution in [1.82, 2.24) is 24.5 Å². The van der Waals surface area contributed by atoms with E-state index in [1.807, 2.05) is 31.2 Å². The fourth-order valence-electron chi connectivity index (χ4n) is 3.22. The van der Waals surface area contributed by atoms with Gasteiger partial charge in [0, 0.05) is 18.7 Å². The van der Waals surface area contributed by atoms with E-state index in [-0.39, 0.29) is 29.5 Å². The van der Waals surface area contributed by atoms with E-state index in [4.69, 9.17) is 4.74 Å². The number of carbonyl (C=O) groups is 1. The lowest BCUT2D eigenvalue weighted by atomic mass is 10.2. The van der Waals surface area contributed by atoms with Crippen LogP contribution >= 0.6 is 11.8 Å². The van der Waals surface area contributed by atoms with E-state index in [1.165, 1.54) is 31.0 Å². The van der Waals surface area contributed by atoms with Gasteiger partial charge in [0.25, 0.3) is 0 Å². The number of nitrogens with zero attached hydrogens (tertiary/aromatic N) is 4. The number of hydrogen-bond acceptors (Lipinski definition) is 8. The molecule has 0 aliphatic heterocycles. The average molecular weight is 513 g/mol. The van der Waals surface area contributed by atoms with E-state index in [9.17, 15) is 13.2 Å². The van der Waals surface area contributed by atoms with Crippen molar-refractivity contribution in [3.8, 4) is 5.75 Å². The third-order valence-corrected chi connectivity index (χ3v) is 7.48. The molecule has 0 aliphatic carbocycles. The molecule has 35 heavy (non-hydrogen) atoms. The maximum atomic E-state index is 12.5. The molecule has 1 amide bonds. The number of aromatic nitrogens is 4. The number of thioether (sulfide) groups is 1. The highest BCUT2D eigenvalue weighted by Gasteiger charge is 2.15. The van der Waals surface area contributed by atoms with Gasteiger partial charge in [-0.25, -0.2) is 13.1 Å². The van der Waals surface area contributed by atoms with Gasteiger partial charge in [-0.2, -0.15) is 9.61 Å². The third-order valence-electron chi connectivity index (χ3n) is 5.08. The zero-order valence-electron chi connectivity index (χ0n) is 19.1. The first-order valence-corrected chi connectivity index (χ1v) is 13.2. The summed E-state index contributed by atoms with van der Waals surface area (Å²) < 4.78 is 34.2.